The summed E-state index contributed by atoms with van der Waals surface area (Å²) in [4.78, 5) is 10.9. The maximum atomic E-state index is 10.9. The maximum Gasteiger partial charge on any atom is 0.339 e. The molecule has 0 saturated carbocycles. The molecule has 1 N–H and O–H groups in total. The molecule has 0 aromatic carbocycles. The lowest BCUT2D eigenvalue weighted by Gasteiger charge is -2.00. The van der Waals surface area contributed by atoms with Crippen LogP contribution in [0.3, 0.4) is 0 Å². The van der Waals surface area contributed by atoms with Crippen molar-refractivity contribution in [2.75, 3.05) is 13.7 Å². The van der Waals surface area contributed by atoms with E-state index in [1.165, 1.54) is 6.07 Å². The highest BCUT2D eigenvalue weighted by molar-refractivity contribution is 5.94. The summed E-state index contributed by atoms with van der Waals surface area (Å²) in [6.45, 7) is 0.526. The second kappa shape index (κ2) is 4.28. The highest BCUT2D eigenvalue weighted by Crippen LogP contribution is 2.10. The van der Waals surface area contributed by atoms with Gasteiger partial charge >= 0.3 is 5.97 Å². The fourth-order valence-corrected chi connectivity index (χ4v) is 1.49. The Labute approximate surface area is 91.5 Å². The van der Waals surface area contributed by atoms with E-state index in [2.05, 4.69) is 10.2 Å². The Balaban J connectivity index is 2.48. The smallest absolute Gasteiger partial charge is 0.339 e. The molecular formula is C10H11N3O3. The Morgan fingerprint density at radius 2 is 2.38 bits per heavy atom. The number of carboxylic acids is 1. The third-order valence-corrected chi connectivity index (χ3v) is 2.27. The fourth-order valence-electron chi connectivity index (χ4n) is 1.49. The number of aromatic nitrogens is 3. The van der Waals surface area contributed by atoms with Gasteiger partial charge in [-0.05, 0) is 12.1 Å². The Morgan fingerprint density at radius 3 is 3.06 bits per heavy atom. The molecule has 2 aromatic heterocycles. The van der Waals surface area contributed by atoms with E-state index in [9.17, 15) is 4.79 Å². The molecule has 0 spiro atoms. The van der Waals surface area contributed by atoms with Gasteiger partial charge in [-0.3, -0.25) is 4.40 Å². The first kappa shape index (κ1) is 10.6. The van der Waals surface area contributed by atoms with Gasteiger partial charge in [-0.1, -0.05) is 0 Å². The van der Waals surface area contributed by atoms with Gasteiger partial charge in [0.05, 0.1) is 6.61 Å². The molecule has 6 heteroatoms. The highest BCUT2D eigenvalue weighted by Gasteiger charge is 2.13. The number of fused-ring (bicyclic) bond motifs is 1. The molecule has 0 unspecified atom stereocenters. The first-order valence-corrected chi connectivity index (χ1v) is 4.79. The largest absolute Gasteiger partial charge is 0.478 e. The van der Waals surface area contributed by atoms with E-state index in [1.54, 1.807) is 23.8 Å². The molecular weight excluding hydrogens is 210 g/mol. The van der Waals surface area contributed by atoms with Gasteiger partial charge in [-0.15, -0.1) is 10.2 Å². The molecule has 2 rings (SSSR count). The third-order valence-electron chi connectivity index (χ3n) is 2.27. The molecule has 0 radical (unpaired) electrons. The van der Waals surface area contributed by atoms with Crippen LogP contribution in [0.5, 0.6) is 0 Å². The lowest BCUT2D eigenvalue weighted by molar-refractivity contribution is 0.0698. The number of carbonyl (C=O) groups is 1. The van der Waals surface area contributed by atoms with Gasteiger partial charge in [0.2, 0.25) is 0 Å². The van der Waals surface area contributed by atoms with E-state index in [0.29, 0.717) is 24.5 Å². The van der Waals surface area contributed by atoms with Crippen molar-refractivity contribution in [1.29, 1.82) is 0 Å². The van der Waals surface area contributed by atoms with Gasteiger partial charge in [0.1, 0.15) is 11.4 Å². The molecule has 16 heavy (non-hydrogen) atoms. The average molecular weight is 221 g/mol. The van der Waals surface area contributed by atoms with E-state index in [0.717, 1.165) is 0 Å². The molecule has 0 saturated heterocycles. The zero-order valence-electron chi connectivity index (χ0n) is 8.75. The molecule has 2 heterocycles. The van der Waals surface area contributed by atoms with Crippen LogP contribution in [0.1, 0.15) is 16.2 Å². The summed E-state index contributed by atoms with van der Waals surface area (Å²) >= 11 is 0. The number of ether oxygens (including phenoxy) is 1. The summed E-state index contributed by atoms with van der Waals surface area (Å²) in [6, 6.07) is 3.17. The molecule has 6 nitrogen and oxygen atoms in total. The van der Waals surface area contributed by atoms with Crippen LogP contribution in [0.25, 0.3) is 5.65 Å². The van der Waals surface area contributed by atoms with E-state index in [4.69, 9.17) is 9.84 Å². The summed E-state index contributed by atoms with van der Waals surface area (Å²) < 4.78 is 6.61. The number of hydrogen-bond donors (Lipinski definition) is 1. The quantitative estimate of drug-likeness (QED) is 0.818. The monoisotopic (exact) mass is 221 g/mol. The summed E-state index contributed by atoms with van der Waals surface area (Å²) in [6.07, 6.45) is 2.34. The Kier molecular flexibility index (Phi) is 2.82. The van der Waals surface area contributed by atoms with Gasteiger partial charge in [0.15, 0.2) is 5.65 Å². The zero-order chi connectivity index (χ0) is 11.5. The minimum absolute atomic E-state index is 0.152. The van der Waals surface area contributed by atoms with Crippen molar-refractivity contribution < 1.29 is 14.6 Å². The second-order valence-electron chi connectivity index (χ2n) is 3.28. The normalized spacial score (nSPS) is 10.8. The van der Waals surface area contributed by atoms with Crippen molar-refractivity contribution in [2.45, 2.75) is 6.42 Å². The standard InChI is InChI=1S/C10H11N3O3/c1-16-6-4-8-11-12-9-7(10(14)15)3-2-5-13(8)9/h2-3,5H,4,6H2,1H3,(H,14,15). The van der Waals surface area contributed by atoms with Crippen LogP contribution in [-0.4, -0.2) is 39.4 Å². The molecule has 84 valence electrons. The molecule has 0 atom stereocenters. The molecule has 0 aliphatic heterocycles. The van der Waals surface area contributed by atoms with E-state index >= 15 is 0 Å². The number of methoxy groups -OCH3 is 1. The number of rotatable bonds is 4. The van der Waals surface area contributed by atoms with Crippen LogP contribution in [0.4, 0.5) is 0 Å². The predicted molar refractivity (Wildman–Crippen MR) is 55.5 cm³/mol. The Hall–Kier alpha value is -1.95. The van der Waals surface area contributed by atoms with Crippen LogP contribution in [0.2, 0.25) is 0 Å². The van der Waals surface area contributed by atoms with E-state index in [1.807, 2.05) is 0 Å². The summed E-state index contributed by atoms with van der Waals surface area (Å²) in [5, 5.41) is 16.8. The van der Waals surface area contributed by atoms with Crippen molar-refractivity contribution in [3.63, 3.8) is 0 Å². The lowest BCUT2D eigenvalue weighted by Crippen LogP contribution is -2.03. The number of carboxylic acid groups (broad SMARTS) is 1. The molecule has 0 aliphatic carbocycles. The molecule has 0 amide bonds. The van der Waals surface area contributed by atoms with Gasteiger partial charge in [0, 0.05) is 19.7 Å². The summed E-state index contributed by atoms with van der Waals surface area (Å²) in [5.41, 5.74) is 0.514. The zero-order valence-corrected chi connectivity index (χ0v) is 8.75. The van der Waals surface area contributed by atoms with Crippen molar-refractivity contribution in [3.8, 4) is 0 Å². The third kappa shape index (κ3) is 1.74. The van der Waals surface area contributed by atoms with Crippen LogP contribution < -0.4 is 0 Å². The molecule has 0 aliphatic rings. The first-order chi connectivity index (χ1) is 7.74. The molecule has 2 aromatic rings. The predicted octanol–water partition coefficient (Wildman–Crippen LogP) is 0.616. The Morgan fingerprint density at radius 1 is 1.56 bits per heavy atom. The Bertz CT molecular complexity index is 521. The topological polar surface area (TPSA) is 76.7 Å². The number of hydrogen-bond acceptors (Lipinski definition) is 4. The van der Waals surface area contributed by atoms with Crippen molar-refractivity contribution in [3.05, 3.63) is 29.7 Å². The highest BCUT2D eigenvalue weighted by atomic mass is 16.5. The van der Waals surface area contributed by atoms with Crippen molar-refractivity contribution >= 4 is 11.6 Å². The average Bonchev–Trinajstić information content (AvgIpc) is 2.69. The van der Waals surface area contributed by atoms with Gasteiger partial charge in [0.25, 0.3) is 0 Å². The number of nitrogens with zero attached hydrogens (tertiary/aromatic N) is 3. The SMILES string of the molecule is COCCc1nnc2c(C(=O)O)cccn12. The van der Waals surface area contributed by atoms with Crippen LogP contribution in [0.15, 0.2) is 18.3 Å². The maximum absolute atomic E-state index is 10.9. The van der Waals surface area contributed by atoms with Crippen LogP contribution in [-0.2, 0) is 11.2 Å². The van der Waals surface area contributed by atoms with Gasteiger partial charge in [-0.25, -0.2) is 4.79 Å². The van der Waals surface area contributed by atoms with E-state index < -0.39 is 5.97 Å². The minimum Gasteiger partial charge on any atom is -0.478 e. The first-order valence-electron chi connectivity index (χ1n) is 4.79. The minimum atomic E-state index is -1.00. The summed E-state index contributed by atoms with van der Waals surface area (Å²) in [5.74, 6) is -0.309. The number of pyridine rings is 1. The number of aromatic carboxylic acids is 1. The second-order valence-corrected chi connectivity index (χ2v) is 3.28. The van der Waals surface area contributed by atoms with Gasteiger partial charge < -0.3 is 9.84 Å². The lowest BCUT2D eigenvalue weighted by atomic mass is 10.2. The fraction of sp³-hybridized carbons (Fsp3) is 0.300. The molecule has 0 bridgehead atoms. The van der Waals surface area contributed by atoms with E-state index in [-0.39, 0.29) is 5.56 Å². The van der Waals surface area contributed by atoms with Gasteiger partial charge in [-0.2, -0.15) is 0 Å². The van der Waals surface area contributed by atoms with Crippen LogP contribution >= 0.6 is 0 Å². The summed E-state index contributed by atoms with van der Waals surface area (Å²) in [7, 11) is 1.60. The van der Waals surface area contributed by atoms with Crippen molar-refractivity contribution in [2.24, 2.45) is 0 Å². The molecule has 0 fully saturated rings. The van der Waals surface area contributed by atoms with Crippen LogP contribution in [0, 0.1) is 0 Å². The van der Waals surface area contributed by atoms with Crippen molar-refractivity contribution in [1.82, 2.24) is 14.6 Å².